The Morgan fingerprint density at radius 2 is 1.77 bits per heavy atom. The Balaban J connectivity index is 1.27. The zero-order chi connectivity index (χ0) is 24.2. The van der Waals surface area contributed by atoms with Crippen LogP contribution in [0.1, 0.15) is 41.3 Å². The fourth-order valence-electron chi connectivity index (χ4n) is 4.98. The maximum atomic E-state index is 12.9. The van der Waals surface area contributed by atoms with Gasteiger partial charge in [-0.3, -0.25) is 4.79 Å². The van der Waals surface area contributed by atoms with Gasteiger partial charge in [-0.2, -0.15) is 0 Å². The highest BCUT2D eigenvalue weighted by molar-refractivity contribution is 5.81. The molecule has 180 valence electrons. The van der Waals surface area contributed by atoms with E-state index in [4.69, 9.17) is 9.72 Å². The van der Waals surface area contributed by atoms with Gasteiger partial charge in [0.15, 0.2) is 0 Å². The Morgan fingerprint density at radius 1 is 0.971 bits per heavy atom. The molecule has 1 atom stereocenters. The van der Waals surface area contributed by atoms with Crippen molar-refractivity contribution in [3.8, 4) is 5.75 Å². The summed E-state index contributed by atoms with van der Waals surface area (Å²) in [6.07, 6.45) is 2.28. The van der Waals surface area contributed by atoms with Gasteiger partial charge in [0.1, 0.15) is 11.6 Å². The molecule has 0 aliphatic carbocycles. The van der Waals surface area contributed by atoms with Crippen LogP contribution in [-0.4, -0.2) is 40.1 Å². The Morgan fingerprint density at radius 3 is 2.63 bits per heavy atom. The zero-order valence-corrected chi connectivity index (χ0v) is 20.6. The van der Waals surface area contributed by atoms with Gasteiger partial charge < -0.3 is 14.2 Å². The van der Waals surface area contributed by atoms with Crippen LogP contribution in [0, 0.1) is 13.8 Å². The van der Waals surface area contributed by atoms with Gasteiger partial charge in [0.25, 0.3) is 0 Å². The van der Waals surface area contributed by atoms with Crippen LogP contribution in [-0.2, 0) is 17.8 Å². The van der Waals surface area contributed by atoms with E-state index >= 15 is 0 Å². The number of likely N-dealkylation sites (tertiary alicyclic amines) is 1. The van der Waals surface area contributed by atoms with Crippen molar-refractivity contribution in [2.75, 3.05) is 19.7 Å². The number of hydrogen-bond acceptors (Lipinski definition) is 3. The molecular formula is C30H33N3O2. The van der Waals surface area contributed by atoms with Crippen LogP contribution in [0.15, 0.2) is 72.8 Å². The molecular weight excluding hydrogens is 434 g/mol. The molecule has 1 unspecified atom stereocenters. The first-order valence-corrected chi connectivity index (χ1v) is 12.6. The standard InChI is InChI=1S/C30H33N3O2/c1-22-13-14-23(2)28(19-22)35-18-8-16-33-27-12-7-6-11-26(27)31-30(33)25-20-29(34)32(21-25)17-15-24-9-4-3-5-10-24/h3-7,9-14,19,25H,8,15-18,20-21H2,1-2H3. The largest absolute Gasteiger partial charge is 0.493 e. The molecule has 3 aromatic carbocycles. The molecule has 5 nitrogen and oxygen atoms in total. The number of imidazole rings is 1. The average molecular weight is 468 g/mol. The van der Waals surface area contributed by atoms with E-state index in [2.05, 4.69) is 79.1 Å². The van der Waals surface area contributed by atoms with Crippen molar-refractivity contribution in [2.45, 2.75) is 45.6 Å². The predicted molar refractivity (Wildman–Crippen MR) is 140 cm³/mol. The molecule has 0 N–H and O–H groups in total. The van der Waals surface area contributed by atoms with E-state index in [1.807, 2.05) is 17.0 Å². The van der Waals surface area contributed by atoms with Crippen LogP contribution in [0.2, 0.25) is 0 Å². The highest BCUT2D eigenvalue weighted by Crippen LogP contribution is 2.31. The highest BCUT2D eigenvalue weighted by atomic mass is 16.5. The third-order valence-corrected chi connectivity index (χ3v) is 6.90. The summed E-state index contributed by atoms with van der Waals surface area (Å²) in [5.74, 6) is 2.32. The first kappa shape index (κ1) is 23.2. The van der Waals surface area contributed by atoms with Gasteiger partial charge >= 0.3 is 0 Å². The van der Waals surface area contributed by atoms with Gasteiger partial charge in [0.2, 0.25) is 5.91 Å². The zero-order valence-electron chi connectivity index (χ0n) is 20.6. The van der Waals surface area contributed by atoms with Gasteiger partial charge in [-0.1, -0.05) is 54.6 Å². The highest BCUT2D eigenvalue weighted by Gasteiger charge is 2.33. The van der Waals surface area contributed by atoms with Crippen molar-refractivity contribution < 1.29 is 9.53 Å². The number of carbonyl (C=O) groups is 1. The summed E-state index contributed by atoms with van der Waals surface area (Å²) < 4.78 is 8.41. The maximum Gasteiger partial charge on any atom is 0.223 e. The second-order valence-electron chi connectivity index (χ2n) is 9.56. The van der Waals surface area contributed by atoms with Crippen molar-refractivity contribution in [3.05, 3.63) is 95.3 Å². The number of nitrogens with zero attached hydrogens (tertiary/aromatic N) is 3. The van der Waals surface area contributed by atoms with E-state index in [-0.39, 0.29) is 11.8 Å². The van der Waals surface area contributed by atoms with Crippen LogP contribution in [0.4, 0.5) is 0 Å². The third-order valence-electron chi connectivity index (χ3n) is 6.90. The number of fused-ring (bicyclic) bond motifs is 1. The quantitative estimate of drug-likeness (QED) is 0.298. The van der Waals surface area contributed by atoms with E-state index < -0.39 is 0 Å². The average Bonchev–Trinajstić information content (AvgIpc) is 3.43. The van der Waals surface area contributed by atoms with Crippen LogP contribution >= 0.6 is 0 Å². The molecule has 1 saturated heterocycles. The summed E-state index contributed by atoms with van der Waals surface area (Å²) in [6.45, 7) is 7.11. The molecule has 2 heterocycles. The summed E-state index contributed by atoms with van der Waals surface area (Å²) in [5, 5.41) is 0. The molecule has 1 aliphatic heterocycles. The smallest absolute Gasteiger partial charge is 0.223 e. The molecule has 0 radical (unpaired) electrons. The lowest BCUT2D eigenvalue weighted by molar-refractivity contribution is -0.127. The Kier molecular flexibility index (Phi) is 6.84. The SMILES string of the molecule is Cc1ccc(C)c(OCCCn2c(C3CC(=O)N(CCc4ccccc4)C3)nc3ccccc32)c1. The van der Waals surface area contributed by atoms with Crippen LogP contribution in [0.25, 0.3) is 11.0 Å². The van der Waals surface area contributed by atoms with E-state index in [0.29, 0.717) is 13.0 Å². The molecule has 4 aromatic rings. The minimum atomic E-state index is 0.116. The maximum absolute atomic E-state index is 12.9. The summed E-state index contributed by atoms with van der Waals surface area (Å²) in [5.41, 5.74) is 5.75. The number of aryl methyl sites for hydroxylation is 3. The lowest BCUT2D eigenvalue weighted by atomic mass is 10.1. The third kappa shape index (κ3) is 5.24. The monoisotopic (exact) mass is 467 g/mol. The summed E-state index contributed by atoms with van der Waals surface area (Å²) >= 11 is 0. The number of ether oxygens (including phenoxy) is 1. The molecule has 1 aromatic heterocycles. The number of hydrogen-bond donors (Lipinski definition) is 0. The van der Waals surface area contributed by atoms with Gasteiger partial charge in [0.05, 0.1) is 17.6 Å². The molecule has 0 saturated carbocycles. The van der Waals surface area contributed by atoms with Crippen molar-refractivity contribution in [3.63, 3.8) is 0 Å². The summed E-state index contributed by atoms with van der Waals surface area (Å²) in [6, 6.07) is 25.0. The molecule has 1 amide bonds. The molecule has 1 aliphatic rings. The topological polar surface area (TPSA) is 47.4 Å². The number of carbonyl (C=O) groups excluding carboxylic acids is 1. The van der Waals surface area contributed by atoms with Crippen molar-refractivity contribution in [2.24, 2.45) is 0 Å². The summed E-state index contributed by atoms with van der Waals surface area (Å²) in [7, 11) is 0. The number of rotatable bonds is 9. The minimum absolute atomic E-state index is 0.116. The van der Waals surface area contributed by atoms with E-state index in [1.54, 1.807) is 0 Å². The van der Waals surface area contributed by atoms with Crippen molar-refractivity contribution in [1.82, 2.24) is 14.5 Å². The number of benzene rings is 3. The minimum Gasteiger partial charge on any atom is -0.493 e. The molecule has 5 heteroatoms. The normalized spacial score (nSPS) is 15.8. The first-order chi connectivity index (χ1) is 17.1. The number of amides is 1. The Bertz CT molecular complexity index is 1310. The molecule has 0 spiro atoms. The fourth-order valence-corrected chi connectivity index (χ4v) is 4.98. The van der Waals surface area contributed by atoms with Crippen LogP contribution in [0.3, 0.4) is 0 Å². The number of para-hydroxylation sites is 2. The Labute approximate surface area is 207 Å². The first-order valence-electron chi connectivity index (χ1n) is 12.6. The molecule has 0 bridgehead atoms. The summed E-state index contributed by atoms with van der Waals surface area (Å²) in [4.78, 5) is 19.8. The lowest BCUT2D eigenvalue weighted by Gasteiger charge is -2.17. The second kappa shape index (κ2) is 10.3. The fraction of sp³-hybridized carbons (Fsp3) is 0.333. The van der Waals surface area contributed by atoms with E-state index in [0.717, 1.165) is 60.6 Å². The van der Waals surface area contributed by atoms with Gasteiger partial charge in [-0.25, -0.2) is 4.98 Å². The molecule has 35 heavy (non-hydrogen) atoms. The van der Waals surface area contributed by atoms with Gasteiger partial charge in [0, 0.05) is 32.0 Å². The van der Waals surface area contributed by atoms with Crippen LogP contribution < -0.4 is 4.74 Å². The van der Waals surface area contributed by atoms with E-state index in [1.165, 1.54) is 11.1 Å². The second-order valence-corrected chi connectivity index (χ2v) is 9.56. The van der Waals surface area contributed by atoms with Gasteiger partial charge in [-0.15, -0.1) is 0 Å². The van der Waals surface area contributed by atoms with E-state index in [9.17, 15) is 4.79 Å². The predicted octanol–water partition coefficient (Wildman–Crippen LogP) is 5.68. The van der Waals surface area contributed by atoms with Crippen molar-refractivity contribution >= 4 is 16.9 Å². The molecule has 5 rings (SSSR count). The van der Waals surface area contributed by atoms with Crippen LogP contribution in [0.5, 0.6) is 5.75 Å². The lowest BCUT2D eigenvalue weighted by Crippen LogP contribution is -2.27. The van der Waals surface area contributed by atoms with Gasteiger partial charge in [-0.05, 0) is 61.6 Å². The number of aromatic nitrogens is 2. The van der Waals surface area contributed by atoms with Crippen molar-refractivity contribution in [1.29, 1.82) is 0 Å². The Hall–Kier alpha value is -3.60. The molecule has 1 fully saturated rings.